The van der Waals surface area contributed by atoms with Crippen molar-refractivity contribution in [3.8, 4) is 0 Å². The topological polar surface area (TPSA) is 29.5 Å². The average Bonchev–Trinajstić information content (AvgIpc) is 2.26. The van der Waals surface area contributed by atoms with Crippen molar-refractivity contribution in [3.05, 3.63) is 28.7 Å². The summed E-state index contributed by atoms with van der Waals surface area (Å²) in [6.07, 6.45) is -0.296. The molecule has 0 heterocycles. The molecule has 0 unspecified atom stereocenters. The molecule has 1 rings (SSSR count). The molecule has 16 heavy (non-hydrogen) atoms. The Morgan fingerprint density at radius 3 is 2.81 bits per heavy atom. The minimum atomic E-state index is -0.296. The van der Waals surface area contributed by atoms with Gasteiger partial charge in [-0.25, -0.2) is 9.10 Å². The SMILES string of the molecule is CCOC(=O)N(CC)Sc1cccc(Br)c1. The summed E-state index contributed by atoms with van der Waals surface area (Å²) in [5.41, 5.74) is 0. The normalized spacial score (nSPS) is 9.94. The van der Waals surface area contributed by atoms with Crippen molar-refractivity contribution in [3.63, 3.8) is 0 Å². The number of nitrogens with zero attached hydrogens (tertiary/aromatic N) is 1. The molecular formula is C11H14BrNO2S. The van der Waals surface area contributed by atoms with E-state index in [0.29, 0.717) is 13.2 Å². The van der Waals surface area contributed by atoms with Crippen molar-refractivity contribution < 1.29 is 9.53 Å². The molecule has 0 aliphatic rings. The summed E-state index contributed by atoms with van der Waals surface area (Å²) in [6, 6.07) is 7.81. The molecule has 0 bridgehead atoms. The number of hydrogen-bond acceptors (Lipinski definition) is 3. The second-order valence-corrected chi connectivity index (χ2v) is 4.95. The van der Waals surface area contributed by atoms with Crippen LogP contribution >= 0.6 is 27.9 Å². The molecule has 0 aromatic heterocycles. The van der Waals surface area contributed by atoms with E-state index < -0.39 is 0 Å². The Bertz CT molecular complexity index is 360. The molecule has 5 heteroatoms. The molecule has 1 amide bonds. The van der Waals surface area contributed by atoms with Crippen molar-refractivity contribution in [1.82, 2.24) is 4.31 Å². The molecule has 0 spiro atoms. The molecule has 88 valence electrons. The van der Waals surface area contributed by atoms with Gasteiger partial charge in [-0.3, -0.25) is 0 Å². The predicted octanol–water partition coefficient (Wildman–Crippen LogP) is 3.93. The summed E-state index contributed by atoms with van der Waals surface area (Å²) >= 11 is 4.77. The Labute approximate surface area is 108 Å². The Morgan fingerprint density at radius 2 is 2.25 bits per heavy atom. The summed E-state index contributed by atoms with van der Waals surface area (Å²) in [4.78, 5) is 12.5. The Balaban J connectivity index is 2.66. The lowest BCUT2D eigenvalue weighted by Crippen LogP contribution is -2.24. The molecule has 1 aromatic rings. The highest BCUT2D eigenvalue weighted by molar-refractivity contribution is 9.10. The first-order valence-electron chi connectivity index (χ1n) is 5.05. The van der Waals surface area contributed by atoms with Crippen molar-refractivity contribution in [2.45, 2.75) is 18.7 Å². The van der Waals surface area contributed by atoms with Crippen LogP contribution in [0.4, 0.5) is 4.79 Å². The first-order chi connectivity index (χ1) is 7.67. The number of rotatable bonds is 4. The van der Waals surface area contributed by atoms with Gasteiger partial charge in [0.1, 0.15) is 0 Å². The molecule has 0 saturated carbocycles. The van der Waals surface area contributed by atoms with Gasteiger partial charge in [0.15, 0.2) is 0 Å². The molecular weight excluding hydrogens is 290 g/mol. The lowest BCUT2D eigenvalue weighted by atomic mass is 10.4. The van der Waals surface area contributed by atoms with Crippen LogP contribution < -0.4 is 0 Å². The number of carbonyl (C=O) groups is 1. The van der Waals surface area contributed by atoms with Crippen LogP contribution in [0, 0.1) is 0 Å². The Morgan fingerprint density at radius 1 is 1.50 bits per heavy atom. The van der Waals surface area contributed by atoms with E-state index >= 15 is 0 Å². The van der Waals surface area contributed by atoms with Crippen LogP contribution in [0.1, 0.15) is 13.8 Å². The van der Waals surface area contributed by atoms with Gasteiger partial charge in [0.25, 0.3) is 0 Å². The first kappa shape index (κ1) is 13.4. The fourth-order valence-electron chi connectivity index (χ4n) is 1.08. The zero-order valence-corrected chi connectivity index (χ0v) is 11.7. The van der Waals surface area contributed by atoms with E-state index in [1.807, 2.05) is 31.2 Å². The molecule has 1 aromatic carbocycles. The Hall–Kier alpha value is -0.680. The highest BCUT2D eigenvalue weighted by atomic mass is 79.9. The standard InChI is InChI=1S/C11H14BrNO2S/c1-3-13(11(14)15-4-2)16-10-7-5-6-9(12)8-10/h5-8H,3-4H2,1-2H3. The molecule has 0 aliphatic heterocycles. The summed E-state index contributed by atoms with van der Waals surface area (Å²) in [7, 11) is 0. The van der Waals surface area contributed by atoms with Crippen LogP contribution in [0.5, 0.6) is 0 Å². The van der Waals surface area contributed by atoms with Crippen LogP contribution in [0.25, 0.3) is 0 Å². The first-order valence-corrected chi connectivity index (χ1v) is 6.61. The van der Waals surface area contributed by atoms with Crippen LogP contribution in [-0.2, 0) is 4.74 Å². The van der Waals surface area contributed by atoms with Crippen LogP contribution in [0.15, 0.2) is 33.6 Å². The zero-order chi connectivity index (χ0) is 12.0. The quantitative estimate of drug-likeness (QED) is 0.789. The number of halogens is 1. The van der Waals surface area contributed by atoms with Crippen LogP contribution in [-0.4, -0.2) is 23.6 Å². The van der Waals surface area contributed by atoms with E-state index in [1.165, 1.54) is 11.9 Å². The van der Waals surface area contributed by atoms with Gasteiger partial charge >= 0.3 is 6.09 Å². The van der Waals surface area contributed by atoms with E-state index in [0.717, 1.165) is 9.37 Å². The van der Waals surface area contributed by atoms with Gasteiger partial charge in [0.2, 0.25) is 0 Å². The lowest BCUT2D eigenvalue weighted by molar-refractivity contribution is 0.135. The summed E-state index contributed by atoms with van der Waals surface area (Å²) < 4.78 is 7.54. The fraction of sp³-hybridized carbons (Fsp3) is 0.364. The molecule has 0 fully saturated rings. The number of hydrogen-bond donors (Lipinski definition) is 0. The van der Waals surface area contributed by atoms with E-state index in [-0.39, 0.29) is 6.09 Å². The number of amides is 1. The van der Waals surface area contributed by atoms with Gasteiger partial charge in [-0.2, -0.15) is 0 Å². The van der Waals surface area contributed by atoms with Crippen molar-refractivity contribution >= 4 is 34.0 Å². The highest BCUT2D eigenvalue weighted by Gasteiger charge is 2.13. The average molecular weight is 304 g/mol. The molecule has 0 aliphatic carbocycles. The van der Waals surface area contributed by atoms with Gasteiger partial charge in [0.05, 0.1) is 6.61 Å². The summed E-state index contributed by atoms with van der Waals surface area (Å²) in [5.74, 6) is 0. The zero-order valence-electron chi connectivity index (χ0n) is 9.27. The monoisotopic (exact) mass is 303 g/mol. The van der Waals surface area contributed by atoms with Crippen LogP contribution in [0.2, 0.25) is 0 Å². The summed E-state index contributed by atoms with van der Waals surface area (Å²) in [5, 5.41) is 0. The van der Waals surface area contributed by atoms with Crippen molar-refractivity contribution in [2.75, 3.05) is 13.2 Å². The summed E-state index contributed by atoms with van der Waals surface area (Å²) in [6.45, 7) is 4.72. The van der Waals surface area contributed by atoms with Gasteiger partial charge in [-0.15, -0.1) is 0 Å². The lowest BCUT2D eigenvalue weighted by Gasteiger charge is -2.18. The third-order valence-corrected chi connectivity index (χ3v) is 3.36. The Kier molecular flexibility index (Phi) is 5.69. The van der Waals surface area contributed by atoms with Gasteiger partial charge in [0, 0.05) is 15.9 Å². The third kappa shape index (κ3) is 4.06. The van der Waals surface area contributed by atoms with E-state index in [9.17, 15) is 4.79 Å². The molecule has 0 atom stereocenters. The molecule has 0 radical (unpaired) electrons. The second kappa shape index (κ2) is 6.81. The molecule has 0 N–H and O–H groups in total. The number of ether oxygens (including phenoxy) is 1. The smallest absolute Gasteiger partial charge is 0.420 e. The number of carbonyl (C=O) groups excluding carboxylic acids is 1. The maximum Gasteiger partial charge on any atom is 0.420 e. The molecule has 0 saturated heterocycles. The van der Waals surface area contributed by atoms with E-state index in [4.69, 9.17) is 4.74 Å². The largest absolute Gasteiger partial charge is 0.449 e. The van der Waals surface area contributed by atoms with Gasteiger partial charge in [-0.1, -0.05) is 22.0 Å². The van der Waals surface area contributed by atoms with Crippen molar-refractivity contribution in [2.24, 2.45) is 0 Å². The third-order valence-electron chi connectivity index (χ3n) is 1.77. The van der Waals surface area contributed by atoms with Crippen molar-refractivity contribution in [1.29, 1.82) is 0 Å². The minimum Gasteiger partial charge on any atom is -0.449 e. The highest BCUT2D eigenvalue weighted by Crippen LogP contribution is 2.25. The number of benzene rings is 1. The predicted molar refractivity (Wildman–Crippen MR) is 69.4 cm³/mol. The maximum atomic E-state index is 11.5. The fourth-order valence-corrected chi connectivity index (χ4v) is 2.46. The van der Waals surface area contributed by atoms with Gasteiger partial charge < -0.3 is 4.74 Å². The van der Waals surface area contributed by atoms with Crippen LogP contribution in [0.3, 0.4) is 0 Å². The van der Waals surface area contributed by atoms with Gasteiger partial charge in [-0.05, 0) is 44.0 Å². The maximum absolute atomic E-state index is 11.5. The minimum absolute atomic E-state index is 0.296. The van der Waals surface area contributed by atoms with E-state index in [1.54, 1.807) is 11.2 Å². The second-order valence-electron chi connectivity index (χ2n) is 2.94. The molecule has 3 nitrogen and oxygen atoms in total. The van der Waals surface area contributed by atoms with E-state index in [2.05, 4.69) is 15.9 Å².